The van der Waals surface area contributed by atoms with Crippen molar-refractivity contribution >= 4 is 52.4 Å². The largest absolute Gasteiger partial charge is 0.452 e. The standard InChI is InChI=1S/C17H14Cl2N2O4/c1-10(22)20-12-5-2-4-11(8-12)17(24)25-9-15(23)21-14-7-3-6-13(18)16(14)19/h2-8H,9H2,1H3,(H,20,22)(H,21,23). The lowest BCUT2D eigenvalue weighted by molar-refractivity contribution is -0.119. The Morgan fingerprint density at radius 3 is 2.48 bits per heavy atom. The summed E-state index contributed by atoms with van der Waals surface area (Å²) < 4.78 is 4.95. The number of hydrogen-bond donors (Lipinski definition) is 2. The fourth-order valence-electron chi connectivity index (χ4n) is 1.93. The van der Waals surface area contributed by atoms with Crippen LogP contribution >= 0.6 is 23.2 Å². The molecule has 0 heterocycles. The normalized spacial score (nSPS) is 10.0. The van der Waals surface area contributed by atoms with Crippen LogP contribution in [0.5, 0.6) is 0 Å². The predicted molar refractivity (Wildman–Crippen MR) is 96.1 cm³/mol. The van der Waals surface area contributed by atoms with Gasteiger partial charge in [0.1, 0.15) is 0 Å². The van der Waals surface area contributed by atoms with Gasteiger partial charge in [-0.2, -0.15) is 0 Å². The Kier molecular flexibility index (Phi) is 6.38. The van der Waals surface area contributed by atoms with Crippen LogP contribution in [0.3, 0.4) is 0 Å². The van der Waals surface area contributed by atoms with Gasteiger partial charge in [-0.15, -0.1) is 0 Å². The number of halogens is 2. The minimum atomic E-state index is -0.695. The zero-order valence-electron chi connectivity index (χ0n) is 13.1. The van der Waals surface area contributed by atoms with E-state index in [1.807, 2.05) is 0 Å². The Labute approximate surface area is 154 Å². The van der Waals surface area contributed by atoms with Crippen molar-refractivity contribution in [2.24, 2.45) is 0 Å². The number of carbonyl (C=O) groups is 3. The molecule has 2 amide bonds. The molecule has 6 nitrogen and oxygen atoms in total. The number of carbonyl (C=O) groups excluding carboxylic acids is 3. The molecule has 0 saturated heterocycles. The molecule has 130 valence electrons. The number of benzene rings is 2. The van der Waals surface area contributed by atoms with Gasteiger partial charge in [-0.1, -0.05) is 35.3 Å². The Morgan fingerprint density at radius 1 is 1.04 bits per heavy atom. The van der Waals surface area contributed by atoms with E-state index in [1.165, 1.54) is 19.1 Å². The van der Waals surface area contributed by atoms with E-state index in [0.29, 0.717) is 16.4 Å². The lowest BCUT2D eigenvalue weighted by atomic mass is 10.2. The van der Waals surface area contributed by atoms with Gasteiger partial charge >= 0.3 is 5.97 Å². The summed E-state index contributed by atoms with van der Waals surface area (Å²) in [4.78, 5) is 34.9. The van der Waals surface area contributed by atoms with Crippen molar-refractivity contribution < 1.29 is 19.1 Å². The second kappa shape index (κ2) is 8.50. The molecule has 2 rings (SSSR count). The molecule has 0 aromatic heterocycles. The molecule has 0 fully saturated rings. The van der Waals surface area contributed by atoms with Gasteiger partial charge in [-0.3, -0.25) is 9.59 Å². The maximum absolute atomic E-state index is 12.0. The van der Waals surface area contributed by atoms with E-state index in [4.69, 9.17) is 27.9 Å². The maximum Gasteiger partial charge on any atom is 0.338 e. The van der Waals surface area contributed by atoms with Crippen LogP contribution in [0.1, 0.15) is 17.3 Å². The predicted octanol–water partition coefficient (Wildman–Crippen LogP) is 3.75. The monoisotopic (exact) mass is 380 g/mol. The van der Waals surface area contributed by atoms with Crippen LogP contribution in [0.4, 0.5) is 11.4 Å². The third kappa shape index (κ3) is 5.48. The molecule has 2 aromatic rings. The van der Waals surface area contributed by atoms with E-state index in [0.717, 1.165) is 0 Å². The molecule has 0 radical (unpaired) electrons. The number of nitrogens with one attached hydrogen (secondary N) is 2. The third-order valence-corrected chi connectivity index (χ3v) is 3.80. The number of amides is 2. The highest BCUT2D eigenvalue weighted by Crippen LogP contribution is 2.29. The Bertz CT molecular complexity index is 824. The minimum absolute atomic E-state index is 0.201. The Morgan fingerprint density at radius 2 is 1.76 bits per heavy atom. The van der Waals surface area contributed by atoms with Gasteiger partial charge in [0.25, 0.3) is 5.91 Å². The fraction of sp³-hybridized carbons (Fsp3) is 0.118. The summed E-state index contributed by atoms with van der Waals surface area (Å²) >= 11 is 11.8. The molecule has 0 bridgehead atoms. The van der Waals surface area contributed by atoms with E-state index in [9.17, 15) is 14.4 Å². The molecule has 8 heteroatoms. The molecule has 25 heavy (non-hydrogen) atoms. The number of esters is 1. The van der Waals surface area contributed by atoms with Crippen LogP contribution in [0, 0.1) is 0 Å². The first-order valence-corrected chi connectivity index (χ1v) is 7.91. The number of hydrogen-bond acceptors (Lipinski definition) is 4. The Hall–Kier alpha value is -2.57. The second-order valence-corrected chi connectivity index (χ2v) is 5.77. The molecule has 0 saturated carbocycles. The fourth-order valence-corrected chi connectivity index (χ4v) is 2.28. The average molecular weight is 381 g/mol. The molecule has 0 spiro atoms. The second-order valence-electron chi connectivity index (χ2n) is 4.99. The van der Waals surface area contributed by atoms with Crippen molar-refractivity contribution in [3.8, 4) is 0 Å². The highest BCUT2D eigenvalue weighted by Gasteiger charge is 2.13. The molecule has 0 aliphatic heterocycles. The summed E-state index contributed by atoms with van der Waals surface area (Å²) in [6.45, 7) is 0.863. The highest BCUT2D eigenvalue weighted by atomic mass is 35.5. The maximum atomic E-state index is 12.0. The smallest absolute Gasteiger partial charge is 0.338 e. The quantitative estimate of drug-likeness (QED) is 0.773. The van der Waals surface area contributed by atoms with Gasteiger partial charge in [-0.25, -0.2) is 4.79 Å². The van der Waals surface area contributed by atoms with E-state index in [1.54, 1.807) is 30.3 Å². The highest BCUT2D eigenvalue weighted by molar-refractivity contribution is 6.44. The van der Waals surface area contributed by atoms with Gasteiger partial charge in [0.2, 0.25) is 5.91 Å². The van der Waals surface area contributed by atoms with Crippen LogP contribution in [0.15, 0.2) is 42.5 Å². The molecule has 0 unspecified atom stereocenters. The van der Waals surface area contributed by atoms with Crippen LogP contribution < -0.4 is 10.6 Å². The molecule has 0 atom stereocenters. The van der Waals surface area contributed by atoms with Crippen molar-refractivity contribution in [2.75, 3.05) is 17.2 Å². The molecule has 0 aliphatic rings. The van der Waals surface area contributed by atoms with Gasteiger partial charge in [0.05, 0.1) is 21.3 Å². The number of anilines is 2. The van der Waals surface area contributed by atoms with E-state index in [-0.39, 0.29) is 16.5 Å². The first-order chi connectivity index (χ1) is 11.9. The lowest BCUT2D eigenvalue weighted by Crippen LogP contribution is -2.21. The van der Waals surface area contributed by atoms with Gasteiger partial charge in [-0.05, 0) is 30.3 Å². The third-order valence-electron chi connectivity index (χ3n) is 2.98. The van der Waals surface area contributed by atoms with Gasteiger partial charge in [0.15, 0.2) is 6.61 Å². The van der Waals surface area contributed by atoms with E-state index in [2.05, 4.69) is 10.6 Å². The van der Waals surface area contributed by atoms with Crippen molar-refractivity contribution in [3.63, 3.8) is 0 Å². The molecule has 2 aromatic carbocycles. The zero-order chi connectivity index (χ0) is 18.4. The first-order valence-electron chi connectivity index (χ1n) is 7.15. The SMILES string of the molecule is CC(=O)Nc1cccc(C(=O)OCC(=O)Nc2cccc(Cl)c2Cl)c1. The van der Waals surface area contributed by atoms with Crippen LogP contribution in [0.2, 0.25) is 10.0 Å². The van der Waals surface area contributed by atoms with Crippen molar-refractivity contribution in [2.45, 2.75) is 6.92 Å². The van der Waals surface area contributed by atoms with Gasteiger partial charge < -0.3 is 15.4 Å². The summed E-state index contributed by atoms with van der Waals surface area (Å²) in [5.74, 6) is -1.52. The summed E-state index contributed by atoms with van der Waals surface area (Å²) in [5, 5.41) is 5.56. The van der Waals surface area contributed by atoms with Crippen LogP contribution in [-0.4, -0.2) is 24.4 Å². The zero-order valence-corrected chi connectivity index (χ0v) is 14.6. The summed E-state index contributed by atoms with van der Waals surface area (Å²) in [6.07, 6.45) is 0. The molecule has 0 aliphatic carbocycles. The molecule has 2 N–H and O–H groups in total. The lowest BCUT2D eigenvalue weighted by Gasteiger charge is -2.09. The van der Waals surface area contributed by atoms with Crippen molar-refractivity contribution in [1.29, 1.82) is 0 Å². The van der Waals surface area contributed by atoms with Crippen LogP contribution in [0.25, 0.3) is 0 Å². The average Bonchev–Trinajstić information content (AvgIpc) is 2.56. The number of rotatable bonds is 5. The topological polar surface area (TPSA) is 84.5 Å². The van der Waals surface area contributed by atoms with Gasteiger partial charge in [0, 0.05) is 12.6 Å². The first kappa shape index (κ1) is 18.8. The summed E-state index contributed by atoms with van der Waals surface area (Å²) in [7, 11) is 0. The molecular formula is C17H14Cl2N2O4. The minimum Gasteiger partial charge on any atom is -0.452 e. The number of ether oxygens (including phenoxy) is 1. The van der Waals surface area contributed by atoms with Crippen molar-refractivity contribution in [3.05, 3.63) is 58.1 Å². The Balaban J connectivity index is 1.94. The summed E-state index contributed by atoms with van der Waals surface area (Å²) in [5.41, 5.74) is 0.986. The van der Waals surface area contributed by atoms with E-state index >= 15 is 0 Å². The summed E-state index contributed by atoms with van der Waals surface area (Å²) in [6, 6.07) is 11.0. The van der Waals surface area contributed by atoms with E-state index < -0.39 is 18.5 Å². The van der Waals surface area contributed by atoms with Crippen molar-refractivity contribution in [1.82, 2.24) is 0 Å². The van der Waals surface area contributed by atoms with Crippen LogP contribution in [-0.2, 0) is 14.3 Å². The molecular weight excluding hydrogens is 367 g/mol.